The number of carbonyl (C=O) groups is 2. The fraction of sp³-hybridized carbons (Fsp3) is 0.704. The second-order valence-electron chi connectivity index (χ2n) is 11.0. The fourth-order valence-corrected chi connectivity index (χ4v) is 5.57. The van der Waals surface area contributed by atoms with E-state index in [1.807, 2.05) is 32.2 Å². The summed E-state index contributed by atoms with van der Waals surface area (Å²) in [6.07, 6.45) is 0.311. The number of epoxide rings is 1. The molecule has 2 fully saturated rings. The third-order valence-electron chi connectivity index (χ3n) is 7.77. The molecule has 7 atom stereocenters. The molecule has 1 aromatic rings. The Morgan fingerprint density at radius 3 is 2.61 bits per heavy atom. The number of Topliss-reactive ketones (excluding diaryl/α,β-unsaturated/α-hetero) is 1. The summed E-state index contributed by atoms with van der Waals surface area (Å²) in [6.45, 7) is 10.5. The molecule has 2 N–H and O–H groups in total. The van der Waals surface area contributed by atoms with Crippen LogP contribution in [0.15, 0.2) is 11.0 Å². The van der Waals surface area contributed by atoms with E-state index in [4.69, 9.17) is 9.47 Å². The number of aromatic nitrogens is 1. The summed E-state index contributed by atoms with van der Waals surface area (Å²) >= 11 is 1.52. The lowest BCUT2D eigenvalue weighted by Crippen LogP contribution is -2.45. The minimum absolute atomic E-state index is 0.179. The second-order valence-corrected chi connectivity index (χ2v) is 12.0. The zero-order valence-electron chi connectivity index (χ0n) is 22.0. The SMILES string of the molecule is C/C(=C\c1csc(C)n1)[C@@H]1CC2O[C@@]2(C#N)CCC[C@H](C)[C@H](O)[C@@H](C)C(=O)C(C)(C)[C@@H](O)CC(=O)O1. The molecule has 2 saturated heterocycles. The molecule has 0 saturated carbocycles. The maximum absolute atomic E-state index is 13.2. The molecular formula is C27H38N2O6S. The zero-order chi connectivity index (χ0) is 26.8. The lowest BCUT2D eigenvalue weighted by atomic mass is 9.73. The van der Waals surface area contributed by atoms with Gasteiger partial charge in [0.2, 0.25) is 0 Å². The molecule has 36 heavy (non-hydrogen) atoms. The minimum atomic E-state index is -1.28. The average Bonchev–Trinajstić information content (AvgIpc) is 3.35. The zero-order valence-corrected chi connectivity index (χ0v) is 22.8. The van der Waals surface area contributed by atoms with Crippen molar-refractivity contribution in [2.24, 2.45) is 17.3 Å². The molecule has 1 unspecified atom stereocenters. The number of aryl methyl sites for hydroxylation is 1. The number of aliphatic hydroxyl groups excluding tert-OH is 2. The van der Waals surface area contributed by atoms with Gasteiger partial charge in [-0.15, -0.1) is 11.3 Å². The maximum atomic E-state index is 13.2. The fourth-order valence-electron chi connectivity index (χ4n) is 5.00. The van der Waals surface area contributed by atoms with Crippen molar-refractivity contribution in [2.75, 3.05) is 0 Å². The van der Waals surface area contributed by atoms with Crippen LogP contribution in [0.25, 0.3) is 6.08 Å². The number of fused-ring (bicyclic) bond motifs is 1. The number of carbonyl (C=O) groups excluding carboxylic acids is 2. The molecule has 9 heteroatoms. The summed E-state index contributed by atoms with van der Waals surface area (Å²) in [5, 5.41) is 34.4. The normalized spacial score (nSPS) is 36.5. The molecule has 0 aliphatic carbocycles. The lowest BCUT2D eigenvalue weighted by molar-refractivity contribution is -0.154. The number of esters is 1. The van der Waals surface area contributed by atoms with Crippen molar-refractivity contribution in [1.29, 1.82) is 5.26 Å². The standard InChI is InChI=1S/C27H38N2O6S/c1-15-8-7-9-27(14-28)22(35-27)11-20(16(2)10-19-13-36-18(4)29-19)34-23(31)12-21(30)26(5,6)25(33)17(3)24(15)32/h10,13,15,17,20-22,24,30,32H,7-9,11-12H2,1-6H3/b16-10+/t15-,17+,20-,21-,22?,24-,27+/m0/s1. The number of aliphatic hydroxyl groups is 2. The quantitative estimate of drug-likeness (QED) is 0.444. The molecule has 0 aromatic carbocycles. The molecule has 0 spiro atoms. The summed E-state index contributed by atoms with van der Waals surface area (Å²) in [6, 6.07) is 2.29. The highest BCUT2D eigenvalue weighted by atomic mass is 32.1. The van der Waals surface area contributed by atoms with E-state index in [2.05, 4.69) is 11.1 Å². The van der Waals surface area contributed by atoms with Crippen LogP contribution in [0.2, 0.25) is 0 Å². The summed E-state index contributed by atoms with van der Waals surface area (Å²) in [5.41, 5.74) is -0.682. The highest BCUT2D eigenvalue weighted by Crippen LogP contribution is 2.45. The summed E-state index contributed by atoms with van der Waals surface area (Å²) < 4.78 is 11.6. The molecule has 0 radical (unpaired) electrons. The van der Waals surface area contributed by atoms with Crippen molar-refractivity contribution in [3.05, 3.63) is 21.7 Å². The Hall–Kier alpha value is -2.12. The van der Waals surface area contributed by atoms with Gasteiger partial charge in [0.25, 0.3) is 0 Å². The maximum Gasteiger partial charge on any atom is 0.309 e. The Labute approximate surface area is 217 Å². The van der Waals surface area contributed by atoms with Crippen molar-refractivity contribution >= 4 is 29.2 Å². The molecule has 0 bridgehead atoms. The summed E-state index contributed by atoms with van der Waals surface area (Å²) in [5.74, 6) is -1.85. The molecule has 8 nitrogen and oxygen atoms in total. The number of hydrogen-bond donors (Lipinski definition) is 2. The van der Waals surface area contributed by atoms with Crippen LogP contribution in [0.4, 0.5) is 0 Å². The van der Waals surface area contributed by atoms with Crippen molar-refractivity contribution in [2.45, 2.75) is 104 Å². The van der Waals surface area contributed by atoms with Crippen LogP contribution in [0.1, 0.15) is 77.4 Å². The third kappa shape index (κ3) is 6.23. The van der Waals surface area contributed by atoms with Gasteiger partial charge in [-0.2, -0.15) is 5.26 Å². The Balaban J connectivity index is 1.89. The van der Waals surface area contributed by atoms with E-state index in [0.29, 0.717) is 25.7 Å². The summed E-state index contributed by atoms with van der Waals surface area (Å²) in [7, 11) is 0. The number of rotatable bonds is 2. The Morgan fingerprint density at radius 1 is 1.31 bits per heavy atom. The third-order valence-corrected chi connectivity index (χ3v) is 8.56. The van der Waals surface area contributed by atoms with Gasteiger partial charge in [0.15, 0.2) is 5.60 Å². The topological polar surface area (TPSA) is 133 Å². The van der Waals surface area contributed by atoms with E-state index >= 15 is 0 Å². The minimum Gasteiger partial charge on any atom is -0.458 e. The van der Waals surface area contributed by atoms with Crippen LogP contribution >= 0.6 is 11.3 Å². The van der Waals surface area contributed by atoms with E-state index in [0.717, 1.165) is 16.3 Å². The van der Waals surface area contributed by atoms with Crippen LogP contribution < -0.4 is 0 Å². The second kappa shape index (κ2) is 11.1. The largest absolute Gasteiger partial charge is 0.458 e. The number of nitriles is 1. The van der Waals surface area contributed by atoms with Crippen LogP contribution in [0.3, 0.4) is 0 Å². The predicted octanol–water partition coefficient (Wildman–Crippen LogP) is 3.98. The van der Waals surface area contributed by atoms with Gasteiger partial charge in [0.05, 0.1) is 34.7 Å². The van der Waals surface area contributed by atoms with Crippen LogP contribution in [-0.2, 0) is 19.1 Å². The van der Waals surface area contributed by atoms with Gasteiger partial charge in [-0.3, -0.25) is 9.59 Å². The first-order valence-electron chi connectivity index (χ1n) is 12.6. The Bertz CT molecular complexity index is 1040. The Kier molecular flexibility index (Phi) is 8.77. The van der Waals surface area contributed by atoms with Crippen molar-refractivity contribution in [1.82, 2.24) is 4.98 Å². The molecule has 1 aromatic heterocycles. The molecule has 2 aliphatic rings. The number of nitrogens with zero attached hydrogens (tertiary/aromatic N) is 2. The number of ketones is 1. The molecular weight excluding hydrogens is 480 g/mol. The highest BCUT2D eigenvalue weighted by Gasteiger charge is 2.57. The predicted molar refractivity (Wildman–Crippen MR) is 136 cm³/mol. The Morgan fingerprint density at radius 2 is 2.00 bits per heavy atom. The number of hydrogen-bond acceptors (Lipinski definition) is 9. The summed E-state index contributed by atoms with van der Waals surface area (Å²) in [4.78, 5) is 30.6. The molecule has 0 amide bonds. The first kappa shape index (κ1) is 28.5. The molecule has 3 heterocycles. The van der Waals surface area contributed by atoms with Crippen LogP contribution in [0.5, 0.6) is 0 Å². The number of cyclic esters (lactones) is 1. The first-order valence-corrected chi connectivity index (χ1v) is 13.5. The van der Waals surface area contributed by atoms with Gasteiger partial charge in [0.1, 0.15) is 24.1 Å². The van der Waals surface area contributed by atoms with E-state index < -0.39 is 47.3 Å². The average molecular weight is 519 g/mol. The van der Waals surface area contributed by atoms with Crippen molar-refractivity contribution in [3.8, 4) is 6.07 Å². The van der Waals surface area contributed by atoms with Gasteiger partial charge in [-0.05, 0) is 50.7 Å². The van der Waals surface area contributed by atoms with Crippen molar-refractivity contribution < 1.29 is 29.3 Å². The van der Waals surface area contributed by atoms with Crippen LogP contribution in [0, 0.1) is 35.5 Å². The van der Waals surface area contributed by atoms with E-state index in [1.54, 1.807) is 20.8 Å². The van der Waals surface area contributed by atoms with Gasteiger partial charge in [-0.25, -0.2) is 4.98 Å². The van der Waals surface area contributed by atoms with E-state index in [9.17, 15) is 25.1 Å². The van der Waals surface area contributed by atoms with Gasteiger partial charge in [-0.1, -0.05) is 27.7 Å². The van der Waals surface area contributed by atoms with Crippen LogP contribution in [-0.4, -0.2) is 57.0 Å². The van der Waals surface area contributed by atoms with E-state index in [1.165, 1.54) is 11.3 Å². The monoisotopic (exact) mass is 518 g/mol. The van der Waals surface area contributed by atoms with Gasteiger partial charge in [0, 0.05) is 17.7 Å². The first-order chi connectivity index (χ1) is 16.8. The van der Waals surface area contributed by atoms with Gasteiger partial charge >= 0.3 is 5.97 Å². The molecule has 2 aliphatic heterocycles. The number of thiazole rings is 1. The van der Waals surface area contributed by atoms with Gasteiger partial charge < -0.3 is 19.7 Å². The lowest BCUT2D eigenvalue weighted by Gasteiger charge is -2.34. The smallest absolute Gasteiger partial charge is 0.309 e. The molecule has 198 valence electrons. The van der Waals surface area contributed by atoms with Crippen molar-refractivity contribution in [3.63, 3.8) is 0 Å². The highest BCUT2D eigenvalue weighted by molar-refractivity contribution is 7.09. The number of ether oxygens (including phenoxy) is 2. The van der Waals surface area contributed by atoms with E-state index in [-0.39, 0.29) is 18.1 Å². The molecule has 3 rings (SSSR count).